The average Bonchev–Trinajstić information content (AvgIpc) is 2.87. The normalized spacial score (nSPS) is 31.0. The molecule has 2 heteroatoms. The second-order valence-electron chi connectivity index (χ2n) is 5.99. The molecule has 0 N–H and O–H groups in total. The molecule has 0 unspecified atom stereocenters. The second kappa shape index (κ2) is 4.85. The number of benzene rings is 1. The van der Waals surface area contributed by atoms with Crippen molar-refractivity contribution < 1.29 is 4.79 Å². The van der Waals surface area contributed by atoms with Gasteiger partial charge in [0, 0.05) is 25.4 Å². The fraction of sp³-hybridized carbons (Fsp3) is 0.562. The molecule has 2 saturated carbocycles. The van der Waals surface area contributed by atoms with Crippen molar-refractivity contribution in [3.63, 3.8) is 0 Å². The monoisotopic (exact) mass is 243 g/mol. The SMILES string of the molecule is CN(Cc1ccccc1)[C@@H]1C[C@H]2CC(=O)C[C@H]2C1. The first-order valence-corrected chi connectivity index (χ1v) is 6.98. The molecule has 1 aromatic carbocycles. The highest BCUT2D eigenvalue weighted by Gasteiger charge is 2.41. The van der Waals surface area contributed by atoms with E-state index in [9.17, 15) is 4.79 Å². The number of fused-ring (bicyclic) bond motifs is 1. The van der Waals surface area contributed by atoms with E-state index in [1.54, 1.807) is 0 Å². The summed E-state index contributed by atoms with van der Waals surface area (Å²) in [6.45, 7) is 1.03. The Bertz CT molecular complexity index is 412. The van der Waals surface area contributed by atoms with E-state index < -0.39 is 0 Å². The van der Waals surface area contributed by atoms with E-state index in [4.69, 9.17) is 0 Å². The summed E-state index contributed by atoms with van der Waals surface area (Å²) in [7, 11) is 2.22. The van der Waals surface area contributed by atoms with Crippen LogP contribution in [0.5, 0.6) is 0 Å². The highest BCUT2D eigenvalue weighted by Crippen LogP contribution is 2.43. The standard InChI is InChI=1S/C16H21NO/c1-17(11-12-5-3-2-4-6-12)15-7-13-9-16(18)10-14(13)8-15/h2-6,13-15H,7-11H2,1H3/t13-,14+,15+. The Morgan fingerprint density at radius 1 is 1.11 bits per heavy atom. The number of rotatable bonds is 3. The van der Waals surface area contributed by atoms with E-state index in [1.807, 2.05) is 0 Å². The van der Waals surface area contributed by atoms with E-state index in [0.717, 1.165) is 19.4 Å². The Morgan fingerprint density at radius 2 is 1.72 bits per heavy atom. The zero-order chi connectivity index (χ0) is 12.5. The lowest BCUT2D eigenvalue weighted by atomic mass is 10.0. The van der Waals surface area contributed by atoms with E-state index in [1.165, 1.54) is 18.4 Å². The van der Waals surface area contributed by atoms with Gasteiger partial charge in [-0.15, -0.1) is 0 Å². The lowest BCUT2D eigenvalue weighted by Crippen LogP contribution is -2.29. The molecular weight excluding hydrogens is 222 g/mol. The summed E-state index contributed by atoms with van der Waals surface area (Å²) < 4.78 is 0. The van der Waals surface area contributed by atoms with E-state index >= 15 is 0 Å². The van der Waals surface area contributed by atoms with Gasteiger partial charge in [-0.1, -0.05) is 30.3 Å². The summed E-state index contributed by atoms with van der Waals surface area (Å²) >= 11 is 0. The largest absolute Gasteiger partial charge is 0.300 e. The topological polar surface area (TPSA) is 20.3 Å². The lowest BCUT2D eigenvalue weighted by molar-refractivity contribution is -0.117. The van der Waals surface area contributed by atoms with Gasteiger partial charge in [-0.2, -0.15) is 0 Å². The molecule has 2 nitrogen and oxygen atoms in total. The predicted molar refractivity (Wildman–Crippen MR) is 72.2 cm³/mol. The van der Waals surface area contributed by atoms with Crippen LogP contribution in [-0.4, -0.2) is 23.8 Å². The maximum Gasteiger partial charge on any atom is 0.133 e. The van der Waals surface area contributed by atoms with Crippen molar-refractivity contribution in [3.8, 4) is 0 Å². The quantitative estimate of drug-likeness (QED) is 0.813. The Balaban J connectivity index is 1.59. The molecule has 3 atom stereocenters. The van der Waals surface area contributed by atoms with Crippen molar-refractivity contribution in [2.45, 2.75) is 38.3 Å². The molecule has 0 aliphatic heterocycles. The van der Waals surface area contributed by atoms with E-state index in [2.05, 4.69) is 42.3 Å². The van der Waals surface area contributed by atoms with Crippen molar-refractivity contribution in [3.05, 3.63) is 35.9 Å². The molecule has 18 heavy (non-hydrogen) atoms. The minimum Gasteiger partial charge on any atom is -0.300 e. The van der Waals surface area contributed by atoms with Crippen molar-refractivity contribution in [2.75, 3.05) is 7.05 Å². The maximum absolute atomic E-state index is 11.4. The Kier molecular flexibility index (Phi) is 3.21. The van der Waals surface area contributed by atoms with Gasteiger partial charge >= 0.3 is 0 Å². The second-order valence-corrected chi connectivity index (χ2v) is 5.99. The number of nitrogens with zero attached hydrogens (tertiary/aromatic N) is 1. The van der Waals surface area contributed by atoms with Gasteiger partial charge < -0.3 is 0 Å². The smallest absolute Gasteiger partial charge is 0.133 e. The Hall–Kier alpha value is -1.15. The van der Waals surface area contributed by atoms with Crippen molar-refractivity contribution >= 4 is 5.78 Å². The molecule has 2 aliphatic carbocycles. The van der Waals surface area contributed by atoms with Gasteiger partial charge in [0.2, 0.25) is 0 Å². The van der Waals surface area contributed by atoms with Crippen LogP contribution in [0.3, 0.4) is 0 Å². The van der Waals surface area contributed by atoms with Crippen molar-refractivity contribution in [2.24, 2.45) is 11.8 Å². The summed E-state index contributed by atoms with van der Waals surface area (Å²) in [6.07, 6.45) is 4.14. The van der Waals surface area contributed by atoms with Gasteiger partial charge in [-0.05, 0) is 37.3 Å². The van der Waals surface area contributed by atoms with Gasteiger partial charge in [0.1, 0.15) is 5.78 Å². The molecule has 2 fully saturated rings. The van der Waals surface area contributed by atoms with Crippen LogP contribution >= 0.6 is 0 Å². The fourth-order valence-corrected chi connectivity index (χ4v) is 3.71. The van der Waals surface area contributed by atoms with Crippen LogP contribution in [0.4, 0.5) is 0 Å². The molecule has 0 amide bonds. The van der Waals surface area contributed by atoms with Gasteiger partial charge in [0.15, 0.2) is 0 Å². The number of hydrogen-bond acceptors (Lipinski definition) is 2. The summed E-state index contributed by atoms with van der Waals surface area (Å²) in [5.41, 5.74) is 1.38. The number of hydrogen-bond donors (Lipinski definition) is 0. The van der Waals surface area contributed by atoms with Crippen LogP contribution in [0.2, 0.25) is 0 Å². The van der Waals surface area contributed by atoms with Gasteiger partial charge in [-0.3, -0.25) is 9.69 Å². The van der Waals surface area contributed by atoms with E-state index in [-0.39, 0.29) is 0 Å². The van der Waals surface area contributed by atoms with Crippen LogP contribution in [0.25, 0.3) is 0 Å². The third-order valence-corrected chi connectivity index (χ3v) is 4.69. The average molecular weight is 243 g/mol. The summed E-state index contributed by atoms with van der Waals surface area (Å²) in [5, 5.41) is 0. The first-order chi connectivity index (χ1) is 8.72. The molecule has 0 aromatic heterocycles. The molecule has 0 radical (unpaired) electrons. The first kappa shape index (κ1) is 11.9. The number of carbonyl (C=O) groups is 1. The number of ketones is 1. The van der Waals surface area contributed by atoms with Crippen LogP contribution in [0, 0.1) is 11.8 Å². The number of carbonyl (C=O) groups excluding carboxylic acids is 1. The lowest BCUT2D eigenvalue weighted by Gasteiger charge is -2.25. The summed E-state index contributed by atoms with van der Waals surface area (Å²) in [5.74, 6) is 1.86. The first-order valence-electron chi connectivity index (χ1n) is 6.98. The third kappa shape index (κ3) is 2.35. The number of Topliss-reactive ketones (excluding diaryl/α,β-unsaturated/α-hetero) is 1. The molecule has 3 rings (SSSR count). The highest BCUT2D eigenvalue weighted by molar-refractivity contribution is 5.81. The molecule has 96 valence electrons. The van der Waals surface area contributed by atoms with Crippen LogP contribution in [-0.2, 0) is 11.3 Å². The van der Waals surface area contributed by atoms with Crippen LogP contribution in [0.15, 0.2) is 30.3 Å². The van der Waals surface area contributed by atoms with Gasteiger partial charge in [-0.25, -0.2) is 0 Å². The third-order valence-electron chi connectivity index (χ3n) is 4.69. The maximum atomic E-state index is 11.4. The summed E-state index contributed by atoms with van der Waals surface area (Å²) in [4.78, 5) is 13.9. The Morgan fingerprint density at radius 3 is 2.33 bits per heavy atom. The van der Waals surface area contributed by atoms with Gasteiger partial charge in [0.05, 0.1) is 0 Å². The molecule has 1 aromatic rings. The van der Waals surface area contributed by atoms with Crippen LogP contribution in [0.1, 0.15) is 31.2 Å². The molecule has 0 bridgehead atoms. The molecule has 2 aliphatic rings. The Labute approximate surface area is 109 Å². The molecule has 0 saturated heterocycles. The van der Waals surface area contributed by atoms with Crippen molar-refractivity contribution in [1.29, 1.82) is 0 Å². The van der Waals surface area contributed by atoms with Crippen molar-refractivity contribution in [1.82, 2.24) is 4.90 Å². The summed E-state index contributed by atoms with van der Waals surface area (Å²) in [6, 6.07) is 11.3. The van der Waals surface area contributed by atoms with Gasteiger partial charge in [0.25, 0.3) is 0 Å². The highest BCUT2D eigenvalue weighted by atomic mass is 16.1. The fourth-order valence-electron chi connectivity index (χ4n) is 3.71. The molecule has 0 heterocycles. The minimum atomic E-state index is 0.495. The van der Waals surface area contributed by atoms with E-state index in [0.29, 0.717) is 23.7 Å². The zero-order valence-corrected chi connectivity index (χ0v) is 11.0. The molecule has 0 spiro atoms. The zero-order valence-electron chi connectivity index (χ0n) is 11.0. The predicted octanol–water partition coefficient (Wildman–Crippen LogP) is 2.88. The van der Waals surface area contributed by atoms with Crippen LogP contribution < -0.4 is 0 Å². The minimum absolute atomic E-state index is 0.495. The molecular formula is C16H21NO.